The van der Waals surface area contributed by atoms with Crippen LogP contribution in [-0.4, -0.2) is 41.6 Å². The molecule has 1 amide bonds. The largest absolute Gasteiger partial charge is 0.365 e. The number of carbonyl (C=O) groups is 1. The number of aromatic nitrogens is 1. The van der Waals surface area contributed by atoms with Gasteiger partial charge in [0.05, 0.1) is 5.39 Å². The third-order valence-corrected chi connectivity index (χ3v) is 6.33. The smallest absolute Gasteiger partial charge is 0.254 e. The number of nitrogens with zero attached hydrogens (tertiary/aromatic N) is 3. The van der Waals surface area contributed by atoms with Gasteiger partial charge < -0.3 is 14.3 Å². The van der Waals surface area contributed by atoms with E-state index >= 15 is 0 Å². The number of carbonyl (C=O) groups excluding carboxylic acids is 1. The molecule has 6 heteroatoms. The highest BCUT2D eigenvalue weighted by Crippen LogP contribution is 2.31. The van der Waals surface area contributed by atoms with Gasteiger partial charge in [0.2, 0.25) is 0 Å². The molecule has 0 N–H and O–H groups in total. The van der Waals surface area contributed by atoms with Crippen molar-refractivity contribution in [3.8, 4) is 11.3 Å². The number of amides is 1. The first kappa shape index (κ1) is 20.6. The zero-order valence-corrected chi connectivity index (χ0v) is 18.8. The van der Waals surface area contributed by atoms with E-state index in [1.807, 2.05) is 47.4 Å². The van der Waals surface area contributed by atoms with E-state index in [9.17, 15) is 4.79 Å². The van der Waals surface area contributed by atoms with Crippen LogP contribution < -0.4 is 4.90 Å². The number of hydrogen-bond acceptors (Lipinski definition) is 4. The Morgan fingerprint density at radius 3 is 2.62 bits per heavy atom. The van der Waals surface area contributed by atoms with E-state index in [4.69, 9.17) is 16.1 Å². The molecule has 0 spiro atoms. The predicted molar refractivity (Wildman–Crippen MR) is 128 cm³/mol. The summed E-state index contributed by atoms with van der Waals surface area (Å²) in [4.78, 5) is 17.7. The Balaban J connectivity index is 1.38. The minimum Gasteiger partial charge on any atom is -0.365 e. The summed E-state index contributed by atoms with van der Waals surface area (Å²) in [6.45, 7) is 6.44. The first-order chi connectivity index (χ1) is 15.5. The van der Waals surface area contributed by atoms with Crippen LogP contribution >= 0.6 is 11.6 Å². The molecule has 5 rings (SSSR count). The molecule has 0 radical (unpaired) electrons. The summed E-state index contributed by atoms with van der Waals surface area (Å²) in [6, 6.07) is 21.7. The van der Waals surface area contributed by atoms with E-state index in [2.05, 4.69) is 48.2 Å². The monoisotopic (exact) mass is 445 g/mol. The second-order valence-corrected chi connectivity index (χ2v) is 8.82. The van der Waals surface area contributed by atoms with E-state index in [1.54, 1.807) is 0 Å². The van der Waals surface area contributed by atoms with Crippen molar-refractivity contribution in [3.63, 3.8) is 0 Å². The Hall–Kier alpha value is -3.31. The Morgan fingerprint density at radius 2 is 1.88 bits per heavy atom. The third-order valence-electron chi connectivity index (χ3n) is 6.08. The summed E-state index contributed by atoms with van der Waals surface area (Å²) in [5.41, 5.74) is 4.70. The van der Waals surface area contributed by atoms with Crippen LogP contribution in [-0.2, 0) is 0 Å². The molecule has 0 aliphatic carbocycles. The molecule has 4 aromatic rings. The maximum Gasteiger partial charge on any atom is 0.254 e. The highest BCUT2D eigenvalue weighted by molar-refractivity contribution is 6.30. The van der Waals surface area contributed by atoms with Crippen molar-refractivity contribution >= 4 is 34.1 Å². The van der Waals surface area contributed by atoms with E-state index < -0.39 is 0 Å². The highest BCUT2D eigenvalue weighted by atomic mass is 35.5. The van der Waals surface area contributed by atoms with Crippen molar-refractivity contribution in [1.29, 1.82) is 0 Å². The molecular weight excluding hydrogens is 422 g/mol. The second kappa shape index (κ2) is 8.32. The van der Waals surface area contributed by atoms with Gasteiger partial charge >= 0.3 is 0 Å². The summed E-state index contributed by atoms with van der Waals surface area (Å²) in [7, 11) is 0. The highest BCUT2D eigenvalue weighted by Gasteiger charge is 2.28. The Labute approximate surface area is 192 Å². The maximum absolute atomic E-state index is 13.3. The fraction of sp³-hybridized carbons (Fsp3) is 0.231. The maximum atomic E-state index is 13.3. The molecule has 2 heterocycles. The van der Waals surface area contributed by atoms with E-state index in [-0.39, 0.29) is 11.9 Å². The third kappa shape index (κ3) is 3.84. The van der Waals surface area contributed by atoms with Crippen LogP contribution in [0.1, 0.15) is 22.8 Å². The number of hydrogen-bond donors (Lipinski definition) is 0. The summed E-state index contributed by atoms with van der Waals surface area (Å²) in [5, 5.41) is 5.64. The summed E-state index contributed by atoms with van der Waals surface area (Å²) in [6.07, 6.45) is 0. The van der Waals surface area contributed by atoms with Gasteiger partial charge in [-0.3, -0.25) is 4.79 Å². The average Bonchev–Trinajstić information content (AvgIpc) is 3.22. The van der Waals surface area contributed by atoms with Crippen LogP contribution in [0.2, 0.25) is 5.02 Å². The van der Waals surface area contributed by atoms with Crippen LogP contribution in [0.3, 0.4) is 0 Å². The molecule has 5 nitrogen and oxygen atoms in total. The Bertz CT molecular complexity index is 1280. The lowest BCUT2D eigenvalue weighted by molar-refractivity contribution is 0.0726. The molecule has 1 fully saturated rings. The molecule has 1 saturated heterocycles. The van der Waals surface area contributed by atoms with Gasteiger partial charge in [-0.05, 0) is 74.0 Å². The molecule has 1 unspecified atom stereocenters. The molecule has 3 aromatic carbocycles. The standard InChI is InChI=1S/C26H24ClN3O2/c1-17-4-3-5-22(14-17)30-13-12-29(16-18(30)2)26(31)20-8-11-24-23(15-20)25(32-28-24)19-6-9-21(27)10-7-19/h3-11,14-15,18H,12-13,16H2,1-2H3. The van der Waals surface area contributed by atoms with Gasteiger partial charge in [0.1, 0.15) is 5.52 Å². The van der Waals surface area contributed by atoms with Crippen LogP contribution in [0, 0.1) is 6.92 Å². The Morgan fingerprint density at radius 1 is 1.06 bits per heavy atom. The summed E-state index contributed by atoms with van der Waals surface area (Å²) >= 11 is 6.01. The first-order valence-corrected chi connectivity index (χ1v) is 11.2. The quantitative estimate of drug-likeness (QED) is 0.399. The molecular formula is C26H24ClN3O2. The van der Waals surface area contributed by atoms with Crippen molar-refractivity contribution in [2.75, 3.05) is 24.5 Å². The van der Waals surface area contributed by atoms with Crippen LogP contribution in [0.15, 0.2) is 71.3 Å². The van der Waals surface area contributed by atoms with Crippen LogP contribution in [0.4, 0.5) is 5.69 Å². The summed E-state index contributed by atoms with van der Waals surface area (Å²) < 4.78 is 5.59. The minimum absolute atomic E-state index is 0.0332. The number of piperazine rings is 1. The number of aryl methyl sites for hydroxylation is 1. The minimum atomic E-state index is 0.0332. The van der Waals surface area contributed by atoms with Crippen molar-refractivity contribution < 1.29 is 9.32 Å². The van der Waals surface area contributed by atoms with Gasteiger partial charge in [0.15, 0.2) is 5.76 Å². The average molecular weight is 446 g/mol. The van der Waals surface area contributed by atoms with Gasteiger partial charge in [-0.15, -0.1) is 0 Å². The van der Waals surface area contributed by atoms with Gasteiger partial charge in [0.25, 0.3) is 5.91 Å². The lowest BCUT2D eigenvalue weighted by atomic mass is 10.0. The Kier molecular flexibility index (Phi) is 5.35. The van der Waals surface area contributed by atoms with Crippen molar-refractivity contribution in [3.05, 3.63) is 82.9 Å². The first-order valence-electron chi connectivity index (χ1n) is 10.8. The molecule has 1 aliphatic rings. The van der Waals surface area contributed by atoms with Crippen molar-refractivity contribution in [2.45, 2.75) is 19.9 Å². The lowest BCUT2D eigenvalue weighted by Gasteiger charge is -2.41. The molecule has 1 aliphatic heterocycles. The molecule has 1 aromatic heterocycles. The number of fused-ring (bicyclic) bond motifs is 1. The van der Waals surface area contributed by atoms with Crippen molar-refractivity contribution in [1.82, 2.24) is 10.1 Å². The van der Waals surface area contributed by atoms with E-state index in [0.29, 0.717) is 29.4 Å². The molecule has 1 atom stereocenters. The van der Waals surface area contributed by atoms with E-state index in [1.165, 1.54) is 11.3 Å². The van der Waals surface area contributed by atoms with Crippen molar-refractivity contribution in [2.24, 2.45) is 0 Å². The summed E-state index contributed by atoms with van der Waals surface area (Å²) in [5.74, 6) is 0.676. The zero-order chi connectivity index (χ0) is 22.2. The molecule has 162 valence electrons. The SMILES string of the molecule is Cc1cccc(N2CCN(C(=O)c3ccc4noc(-c5ccc(Cl)cc5)c4c3)CC2C)c1. The fourth-order valence-electron chi connectivity index (χ4n) is 4.40. The van der Waals surface area contributed by atoms with E-state index in [0.717, 1.165) is 23.0 Å². The molecule has 0 saturated carbocycles. The number of anilines is 1. The van der Waals surface area contributed by atoms with Crippen LogP contribution in [0.25, 0.3) is 22.2 Å². The van der Waals surface area contributed by atoms with Crippen LogP contribution in [0.5, 0.6) is 0 Å². The van der Waals surface area contributed by atoms with Gasteiger partial charge in [0, 0.05) is 47.5 Å². The van der Waals surface area contributed by atoms with Gasteiger partial charge in [-0.25, -0.2) is 0 Å². The number of rotatable bonds is 3. The second-order valence-electron chi connectivity index (χ2n) is 8.38. The normalized spacial score (nSPS) is 16.5. The topological polar surface area (TPSA) is 49.6 Å². The molecule has 32 heavy (non-hydrogen) atoms. The van der Waals surface area contributed by atoms with Gasteiger partial charge in [-0.2, -0.15) is 0 Å². The number of halogens is 1. The zero-order valence-electron chi connectivity index (χ0n) is 18.1. The molecule has 0 bridgehead atoms. The lowest BCUT2D eigenvalue weighted by Crippen LogP contribution is -2.53. The fourth-order valence-corrected chi connectivity index (χ4v) is 4.52. The number of benzene rings is 3. The van der Waals surface area contributed by atoms with Gasteiger partial charge in [-0.1, -0.05) is 28.9 Å². The predicted octanol–water partition coefficient (Wildman–Crippen LogP) is 5.81.